The molecule has 4 aromatic rings. The number of ether oxygens (including phenoxy) is 2. The molecule has 0 aliphatic carbocycles. The maximum Gasteiger partial charge on any atom is 0.189 e. The highest BCUT2D eigenvalue weighted by atomic mass is 16.5. The lowest BCUT2D eigenvalue weighted by Crippen LogP contribution is -2.03. The minimum atomic E-state index is -0.314. The Hall–Kier alpha value is -5.36. The molecular formula is C40H40O6. The summed E-state index contributed by atoms with van der Waals surface area (Å²) in [6, 6.07) is 24.5. The standard InChI is InChI=1S/C40H40O6/c1-27(2)21-23-45-39-19-15-29(13-17-37(43)31-9-5-7-11-35(31)41)25-33(39)34-26-30(16-20-40(34)46-24-22-28(3)4)14-18-38(44)32-10-6-8-12-36(32)42/h5-13,15-17,19-22,25-26,41-42H,14,18,23-24H2,1-4H3. The van der Waals surface area contributed by atoms with Crippen LogP contribution in [-0.2, 0) is 6.42 Å². The van der Waals surface area contributed by atoms with Crippen molar-refractivity contribution in [1.82, 2.24) is 0 Å². The molecule has 236 valence electrons. The largest absolute Gasteiger partial charge is 0.507 e. The lowest BCUT2D eigenvalue weighted by molar-refractivity contribution is 0.0979. The Labute approximate surface area is 271 Å². The molecule has 0 bridgehead atoms. The zero-order chi connectivity index (χ0) is 33.1. The Morgan fingerprint density at radius 3 is 1.80 bits per heavy atom. The maximum absolute atomic E-state index is 12.9. The van der Waals surface area contributed by atoms with Gasteiger partial charge in [0.1, 0.15) is 36.2 Å². The van der Waals surface area contributed by atoms with Gasteiger partial charge in [-0.1, -0.05) is 53.6 Å². The number of hydrogen-bond donors (Lipinski definition) is 2. The Balaban J connectivity index is 1.73. The summed E-state index contributed by atoms with van der Waals surface area (Å²) in [6.45, 7) is 8.79. The summed E-state index contributed by atoms with van der Waals surface area (Å²) in [5.41, 5.74) is 6.00. The SMILES string of the molecule is CC(C)=CCOc1ccc(C=CC(=O)c2ccccc2O)cc1-c1cc(CCC(=O)c2ccccc2O)ccc1OCC=C(C)C. The molecule has 0 aliphatic rings. The summed E-state index contributed by atoms with van der Waals surface area (Å²) in [6.07, 6.45) is 7.81. The zero-order valence-corrected chi connectivity index (χ0v) is 26.7. The summed E-state index contributed by atoms with van der Waals surface area (Å²) < 4.78 is 12.5. The van der Waals surface area contributed by atoms with Crippen LogP contribution in [0.15, 0.2) is 114 Å². The summed E-state index contributed by atoms with van der Waals surface area (Å²) in [5, 5.41) is 20.3. The van der Waals surface area contributed by atoms with Crippen molar-refractivity contribution in [2.45, 2.75) is 40.5 Å². The van der Waals surface area contributed by atoms with Gasteiger partial charge in [0.2, 0.25) is 0 Å². The Kier molecular flexibility index (Phi) is 11.7. The van der Waals surface area contributed by atoms with Gasteiger partial charge in [-0.05, 0) is 112 Å². The Morgan fingerprint density at radius 1 is 0.674 bits per heavy atom. The Bertz CT molecular complexity index is 1790. The number of benzene rings is 4. The maximum atomic E-state index is 12.9. The van der Waals surface area contributed by atoms with Crippen LogP contribution in [0.5, 0.6) is 23.0 Å². The summed E-state index contributed by atoms with van der Waals surface area (Å²) in [5.74, 6) is 0.723. The molecule has 4 rings (SSSR count). The molecule has 2 N–H and O–H groups in total. The lowest BCUT2D eigenvalue weighted by atomic mass is 9.96. The van der Waals surface area contributed by atoms with Crippen LogP contribution in [-0.4, -0.2) is 35.0 Å². The van der Waals surface area contributed by atoms with Gasteiger partial charge in [0.05, 0.1) is 11.1 Å². The van der Waals surface area contributed by atoms with Gasteiger partial charge in [0.15, 0.2) is 11.6 Å². The highest BCUT2D eigenvalue weighted by Crippen LogP contribution is 2.39. The number of phenolic OH excluding ortho intramolecular Hbond substituents is 2. The summed E-state index contributed by atoms with van der Waals surface area (Å²) in [4.78, 5) is 25.8. The second kappa shape index (κ2) is 16.1. The molecule has 0 aliphatic heterocycles. The molecule has 0 fully saturated rings. The molecule has 6 nitrogen and oxygen atoms in total. The third-order valence-electron chi connectivity index (χ3n) is 7.24. The zero-order valence-electron chi connectivity index (χ0n) is 26.7. The number of aryl methyl sites for hydroxylation is 1. The molecule has 0 atom stereocenters. The van der Waals surface area contributed by atoms with E-state index in [1.807, 2.05) is 76.2 Å². The first-order valence-corrected chi connectivity index (χ1v) is 15.2. The first-order valence-electron chi connectivity index (χ1n) is 15.2. The quantitative estimate of drug-likeness (QED) is 0.0834. The van der Waals surface area contributed by atoms with Crippen molar-refractivity contribution in [2.75, 3.05) is 13.2 Å². The molecule has 0 amide bonds. The number of phenols is 2. The fourth-order valence-electron chi connectivity index (χ4n) is 4.70. The van der Waals surface area contributed by atoms with Crippen molar-refractivity contribution in [3.8, 4) is 34.1 Å². The highest BCUT2D eigenvalue weighted by Gasteiger charge is 2.16. The van der Waals surface area contributed by atoms with E-state index < -0.39 is 0 Å². The van der Waals surface area contributed by atoms with Gasteiger partial charge in [-0.2, -0.15) is 0 Å². The smallest absolute Gasteiger partial charge is 0.189 e. The van der Waals surface area contributed by atoms with E-state index in [4.69, 9.17) is 9.47 Å². The number of rotatable bonds is 14. The van der Waals surface area contributed by atoms with E-state index in [9.17, 15) is 19.8 Å². The molecule has 4 aromatic carbocycles. The van der Waals surface area contributed by atoms with Crippen molar-refractivity contribution in [1.29, 1.82) is 0 Å². The fraction of sp³-hybridized carbons (Fsp3) is 0.200. The van der Waals surface area contributed by atoms with Gasteiger partial charge in [-0.3, -0.25) is 9.59 Å². The second-order valence-corrected chi connectivity index (χ2v) is 11.4. The van der Waals surface area contributed by atoms with Crippen molar-refractivity contribution < 1.29 is 29.3 Å². The van der Waals surface area contributed by atoms with Crippen LogP contribution < -0.4 is 9.47 Å². The van der Waals surface area contributed by atoms with Crippen molar-refractivity contribution in [2.24, 2.45) is 0 Å². The number of ketones is 2. The second-order valence-electron chi connectivity index (χ2n) is 11.4. The van der Waals surface area contributed by atoms with Crippen LogP contribution in [0, 0.1) is 0 Å². The minimum absolute atomic E-state index is 0.0276. The number of carbonyl (C=O) groups is 2. The van der Waals surface area contributed by atoms with Crippen LogP contribution >= 0.6 is 0 Å². The molecule has 0 heterocycles. The van der Waals surface area contributed by atoms with E-state index in [0.717, 1.165) is 33.4 Å². The molecule has 0 saturated carbocycles. The molecular weight excluding hydrogens is 576 g/mol. The van der Waals surface area contributed by atoms with Crippen LogP contribution in [0.25, 0.3) is 17.2 Å². The Morgan fingerprint density at radius 2 is 1.22 bits per heavy atom. The van der Waals surface area contributed by atoms with Gasteiger partial charge < -0.3 is 19.7 Å². The predicted octanol–water partition coefficient (Wildman–Crippen LogP) is 9.17. The molecule has 0 saturated heterocycles. The molecule has 6 heteroatoms. The first kappa shape index (κ1) is 33.5. The van der Waals surface area contributed by atoms with E-state index in [1.54, 1.807) is 42.5 Å². The van der Waals surface area contributed by atoms with Gasteiger partial charge in [-0.25, -0.2) is 0 Å². The average Bonchev–Trinajstić information content (AvgIpc) is 3.03. The van der Waals surface area contributed by atoms with Crippen molar-refractivity contribution >= 4 is 17.6 Å². The molecule has 0 unspecified atom stereocenters. The number of para-hydroxylation sites is 2. The third-order valence-corrected chi connectivity index (χ3v) is 7.24. The molecule has 0 aromatic heterocycles. The van der Waals surface area contributed by atoms with Gasteiger partial charge >= 0.3 is 0 Å². The van der Waals surface area contributed by atoms with Gasteiger partial charge in [-0.15, -0.1) is 0 Å². The lowest BCUT2D eigenvalue weighted by Gasteiger charge is -2.17. The van der Waals surface area contributed by atoms with Crippen LogP contribution in [0.4, 0.5) is 0 Å². The van der Waals surface area contributed by atoms with E-state index >= 15 is 0 Å². The predicted molar refractivity (Wildman–Crippen MR) is 184 cm³/mol. The van der Waals surface area contributed by atoms with Crippen LogP contribution in [0.3, 0.4) is 0 Å². The molecule has 0 spiro atoms. The molecule has 0 radical (unpaired) electrons. The van der Waals surface area contributed by atoms with Crippen LogP contribution in [0.1, 0.15) is 66.0 Å². The van der Waals surface area contributed by atoms with Crippen LogP contribution in [0.2, 0.25) is 0 Å². The van der Waals surface area contributed by atoms with Crippen molar-refractivity contribution in [3.63, 3.8) is 0 Å². The monoisotopic (exact) mass is 616 g/mol. The number of carbonyl (C=O) groups excluding carboxylic acids is 2. The number of allylic oxidation sites excluding steroid dienone is 3. The topological polar surface area (TPSA) is 93.1 Å². The fourth-order valence-corrected chi connectivity index (χ4v) is 4.70. The average molecular weight is 617 g/mol. The first-order chi connectivity index (χ1) is 22.1. The van der Waals surface area contributed by atoms with Crippen molar-refractivity contribution in [3.05, 3.63) is 137 Å². The highest BCUT2D eigenvalue weighted by molar-refractivity contribution is 6.08. The minimum Gasteiger partial charge on any atom is -0.507 e. The molecule has 46 heavy (non-hydrogen) atoms. The van der Waals surface area contributed by atoms with E-state index in [1.165, 1.54) is 18.2 Å². The summed E-state index contributed by atoms with van der Waals surface area (Å²) >= 11 is 0. The third kappa shape index (κ3) is 9.32. The van der Waals surface area contributed by atoms with E-state index in [-0.39, 0.29) is 35.0 Å². The van der Waals surface area contributed by atoms with E-state index in [2.05, 4.69) is 0 Å². The normalized spacial score (nSPS) is 10.8. The number of aromatic hydroxyl groups is 2. The van der Waals surface area contributed by atoms with Gasteiger partial charge in [0, 0.05) is 17.5 Å². The van der Waals surface area contributed by atoms with E-state index in [0.29, 0.717) is 36.7 Å². The number of Topliss-reactive ketones (excluding diaryl/α,β-unsaturated/α-hetero) is 1. The van der Waals surface area contributed by atoms with Gasteiger partial charge in [0.25, 0.3) is 0 Å². The summed E-state index contributed by atoms with van der Waals surface area (Å²) in [7, 11) is 0. The number of hydrogen-bond acceptors (Lipinski definition) is 6.